The molecule has 0 saturated carbocycles. The third-order valence-electron chi connectivity index (χ3n) is 2.05. The van der Waals surface area contributed by atoms with E-state index in [1.165, 1.54) is 0 Å². The van der Waals surface area contributed by atoms with Crippen LogP contribution in [0.1, 0.15) is 25.4 Å². The molecule has 1 rings (SSSR count). The molecule has 0 aliphatic carbocycles. The van der Waals surface area contributed by atoms with Gasteiger partial charge in [0, 0.05) is 0 Å². The minimum Gasteiger partial charge on any atom is -0.449 e. The average molecular weight is 178 g/mol. The monoisotopic (exact) mass is 178 g/mol. The van der Waals surface area contributed by atoms with Crippen LogP contribution in [0.4, 0.5) is 0 Å². The Kier molecular flexibility index (Phi) is 3.53. The molecule has 1 heterocycles. The van der Waals surface area contributed by atoms with Gasteiger partial charge < -0.3 is 4.42 Å². The first kappa shape index (κ1) is 9.82. The third-order valence-corrected chi connectivity index (χ3v) is 2.05. The highest BCUT2D eigenvalue weighted by Crippen LogP contribution is 2.09. The Hall–Kier alpha value is -1.27. The minimum absolute atomic E-state index is 0.391. The number of hydrogen-bond acceptors (Lipinski definition) is 3. The largest absolute Gasteiger partial charge is 0.449 e. The maximum absolute atomic E-state index is 8.54. The van der Waals surface area contributed by atoms with E-state index >= 15 is 0 Å². The topological polar surface area (TPSA) is 40.2 Å². The van der Waals surface area contributed by atoms with Crippen LogP contribution in [-0.4, -0.2) is 18.0 Å². The van der Waals surface area contributed by atoms with Gasteiger partial charge in [-0.3, -0.25) is 4.90 Å². The molecule has 1 aromatic heterocycles. The van der Waals surface area contributed by atoms with Crippen LogP contribution >= 0.6 is 0 Å². The van der Waals surface area contributed by atoms with Gasteiger partial charge in [0.25, 0.3) is 0 Å². The number of nitriles is 1. The Bertz CT molecular complexity index is 294. The Labute approximate surface area is 78.6 Å². The van der Waals surface area contributed by atoms with Crippen molar-refractivity contribution in [3.63, 3.8) is 0 Å². The summed E-state index contributed by atoms with van der Waals surface area (Å²) in [5.41, 5.74) is 0. The zero-order chi connectivity index (χ0) is 9.68. The van der Waals surface area contributed by atoms with Crippen molar-refractivity contribution in [1.82, 2.24) is 4.90 Å². The van der Waals surface area contributed by atoms with E-state index in [9.17, 15) is 0 Å². The molecule has 0 spiro atoms. The van der Waals surface area contributed by atoms with E-state index in [-0.39, 0.29) is 0 Å². The van der Waals surface area contributed by atoms with Crippen molar-refractivity contribution in [2.75, 3.05) is 13.1 Å². The van der Waals surface area contributed by atoms with Crippen molar-refractivity contribution < 1.29 is 4.42 Å². The van der Waals surface area contributed by atoms with Gasteiger partial charge in [0.2, 0.25) is 5.76 Å². The summed E-state index contributed by atoms with van der Waals surface area (Å²) in [6.07, 6.45) is 0. The van der Waals surface area contributed by atoms with E-state index in [2.05, 4.69) is 18.7 Å². The molecule has 0 saturated heterocycles. The second-order valence-corrected chi connectivity index (χ2v) is 2.84. The van der Waals surface area contributed by atoms with E-state index in [1.807, 2.05) is 12.1 Å². The fourth-order valence-electron chi connectivity index (χ4n) is 1.19. The standard InChI is InChI=1S/C10H14N2O/c1-3-12(4-2)8-10-6-5-9(7-11)13-10/h5-6H,3-4,8H2,1-2H3. The summed E-state index contributed by atoms with van der Waals surface area (Å²) < 4.78 is 5.26. The van der Waals surface area contributed by atoms with Gasteiger partial charge in [-0.25, -0.2) is 0 Å². The van der Waals surface area contributed by atoms with Gasteiger partial charge in [0.1, 0.15) is 11.8 Å². The molecule has 0 fully saturated rings. The predicted molar refractivity (Wildman–Crippen MR) is 50.0 cm³/mol. The zero-order valence-corrected chi connectivity index (χ0v) is 8.08. The van der Waals surface area contributed by atoms with Gasteiger partial charge in [0.05, 0.1) is 6.54 Å². The summed E-state index contributed by atoms with van der Waals surface area (Å²) in [6, 6.07) is 5.54. The summed E-state index contributed by atoms with van der Waals surface area (Å²) in [4.78, 5) is 2.24. The first-order valence-electron chi connectivity index (χ1n) is 4.51. The average Bonchev–Trinajstić information content (AvgIpc) is 2.61. The molecule has 70 valence electrons. The number of hydrogen-bond donors (Lipinski definition) is 0. The third kappa shape index (κ3) is 2.60. The maximum Gasteiger partial charge on any atom is 0.203 e. The molecule has 0 amide bonds. The van der Waals surface area contributed by atoms with Crippen LogP contribution in [0, 0.1) is 11.3 Å². The fraction of sp³-hybridized carbons (Fsp3) is 0.500. The molecule has 3 heteroatoms. The van der Waals surface area contributed by atoms with Crippen molar-refractivity contribution in [3.8, 4) is 6.07 Å². The molecule has 0 N–H and O–H groups in total. The zero-order valence-electron chi connectivity index (χ0n) is 8.08. The molecule has 0 aliphatic rings. The van der Waals surface area contributed by atoms with Gasteiger partial charge in [-0.05, 0) is 25.2 Å². The van der Waals surface area contributed by atoms with Crippen LogP contribution in [0.5, 0.6) is 0 Å². The fourth-order valence-corrected chi connectivity index (χ4v) is 1.19. The summed E-state index contributed by atoms with van der Waals surface area (Å²) in [7, 11) is 0. The first-order valence-corrected chi connectivity index (χ1v) is 4.51. The van der Waals surface area contributed by atoms with Crippen LogP contribution in [0.25, 0.3) is 0 Å². The Balaban J connectivity index is 2.58. The van der Waals surface area contributed by atoms with Crippen molar-refractivity contribution in [2.45, 2.75) is 20.4 Å². The highest BCUT2D eigenvalue weighted by atomic mass is 16.3. The number of nitrogens with zero attached hydrogens (tertiary/aromatic N) is 2. The summed E-state index contributed by atoms with van der Waals surface area (Å²) in [5, 5.41) is 8.54. The molecule has 0 atom stereocenters. The molecule has 0 aromatic carbocycles. The van der Waals surface area contributed by atoms with E-state index in [1.54, 1.807) is 6.07 Å². The second kappa shape index (κ2) is 4.68. The predicted octanol–water partition coefficient (Wildman–Crippen LogP) is 1.99. The van der Waals surface area contributed by atoms with Crippen LogP contribution in [0.3, 0.4) is 0 Å². The molecule has 0 bridgehead atoms. The molecule has 0 unspecified atom stereocenters. The number of rotatable bonds is 4. The highest BCUT2D eigenvalue weighted by Gasteiger charge is 2.04. The van der Waals surface area contributed by atoms with Gasteiger partial charge in [-0.2, -0.15) is 5.26 Å². The van der Waals surface area contributed by atoms with E-state index < -0.39 is 0 Å². The normalized spacial score (nSPS) is 10.3. The molecule has 0 aliphatic heterocycles. The lowest BCUT2D eigenvalue weighted by atomic mass is 10.4. The Morgan fingerprint density at radius 2 is 2.08 bits per heavy atom. The summed E-state index contributed by atoms with van der Waals surface area (Å²) in [6.45, 7) is 7.00. The van der Waals surface area contributed by atoms with Crippen LogP contribution < -0.4 is 0 Å². The lowest BCUT2D eigenvalue weighted by molar-refractivity contribution is 0.268. The molecule has 0 radical (unpaired) electrons. The SMILES string of the molecule is CCN(CC)Cc1ccc(C#N)o1. The Morgan fingerprint density at radius 3 is 2.54 bits per heavy atom. The summed E-state index contributed by atoms with van der Waals surface area (Å²) >= 11 is 0. The highest BCUT2D eigenvalue weighted by molar-refractivity contribution is 5.18. The Morgan fingerprint density at radius 1 is 1.38 bits per heavy atom. The van der Waals surface area contributed by atoms with Crippen LogP contribution in [0.15, 0.2) is 16.5 Å². The number of furan rings is 1. The van der Waals surface area contributed by atoms with Crippen molar-refractivity contribution in [2.24, 2.45) is 0 Å². The maximum atomic E-state index is 8.54. The molecular weight excluding hydrogens is 164 g/mol. The molecule has 1 aromatic rings. The molecular formula is C10H14N2O. The van der Waals surface area contributed by atoms with Gasteiger partial charge in [0.15, 0.2) is 0 Å². The molecule has 13 heavy (non-hydrogen) atoms. The lowest BCUT2D eigenvalue weighted by Crippen LogP contribution is -2.21. The lowest BCUT2D eigenvalue weighted by Gasteiger charge is -2.15. The summed E-state index contributed by atoms with van der Waals surface area (Å²) in [5.74, 6) is 1.25. The van der Waals surface area contributed by atoms with Crippen molar-refractivity contribution in [1.29, 1.82) is 5.26 Å². The van der Waals surface area contributed by atoms with Crippen LogP contribution in [-0.2, 0) is 6.54 Å². The second-order valence-electron chi connectivity index (χ2n) is 2.84. The van der Waals surface area contributed by atoms with E-state index in [4.69, 9.17) is 9.68 Å². The smallest absolute Gasteiger partial charge is 0.203 e. The van der Waals surface area contributed by atoms with Gasteiger partial charge in [-0.1, -0.05) is 13.8 Å². The van der Waals surface area contributed by atoms with Crippen molar-refractivity contribution in [3.05, 3.63) is 23.7 Å². The minimum atomic E-state index is 0.391. The van der Waals surface area contributed by atoms with Gasteiger partial charge >= 0.3 is 0 Å². The van der Waals surface area contributed by atoms with E-state index in [0.29, 0.717) is 5.76 Å². The quantitative estimate of drug-likeness (QED) is 0.708. The first-order chi connectivity index (χ1) is 6.30. The van der Waals surface area contributed by atoms with E-state index in [0.717, 1.165) is 25.4 Å². The van der Waals surface area contributed by atoms with Crippen molar-refractivity contribution >= 4 is 0 Å². The van der Waals surface area contributed by atoms with Crippen LogP contribution in [0.2, 0.25) is 0 Å². The molecule has 3 nitrogen and oxygen atoms in total. The van der Waals surface area contributed by atoms with Gasteiger partial charge in [-0.15, -0.1) is 0 Å².